The molecular weight excluding hydrogens is 533 g/mol. The summed E-state index contributed by atoms with van der Waals surface area (Å²) >= 11 is 8.87. The van der Waals surface area contributed by atoms with E-state index in [0.29, 0.717) is 26.4 Å². The fourth-order valence-corrected chi connectivity index (χ4v) is 5.43. The zero-order valence-corrected chi connectivity index (χ0v) is 28.9. The summed E-state index contributed by atoms with van der Waals surface area (Å²) in [6.07, 6.45) is 17.8. The normalized spacial score (nSPS) is 11.6. The summed E-state index contributed by atoms with van der Waals surface area (Å²) < 4.78 is 32.5. The van der Waals surface area contributed by atoms with Crippen LogP contribution in [0.3, 0.4) is 0 Å². The van der Waals surface area contributed by atoms with Crippen molar-refractivity contribution in [1.82, 2.24) is 0 Å². The fourth-order valence-electron chi connectivity index (χ4n) is 2.91. The Labute approximate surface area is 251 Å². The topological polar surface area (TPSA) is 74.2 Å². The summed E-state index contributed by atoms with van der Waals surface area (Å²) in [5, 5.41) is 0. The average Bonchev–Trinajstić information content (AvgIpc) is 2.79. The molecule has 0 rings (SSSR count). The Bertz CT molecular complexity index is 445. The first-order valence-corrected chi connectivity index (χ1v) is 18.8. The van der Waals surface area contributed by atoms with Crippen LogP contribution >= 0.6 is 25.8 Å². The second-order valence-corrected chi connectivity index (χ2v) is 14.3. The third kappa shape index (κ3) is 36.0. The minimum atomic E-state index is -3.10. The van der Waals surface area contributed by atoms with Gasteiger partial charge in [-0.3, -0.25) is 0 Å². The summed E-state index contributed by atoms with van der Waals surface area (Å²) in [5.41, 5.74) is 0. The number of rotatable bonds is 24. The van der Waals surface area contributed by atoms with Gasteiger partial charge in [0.25, 0.3) is 0 Å². The second kappa shape index (κ2) is 30.6. The number of unbranched alkanes of at least 4 members (excludes halogenated alkanes) is 12. The predicted octanol–water partition coefficient (Wildman–Crippen LogP) is 6.73. The van der Waals surface area contributed by atoms with Crippen LogP contribution in [0.4, 0.5) is 0 Å². The first kappa shape index (κ1) is 41.5. The van der Waals surface area contributed by atoms with Crippen LogP contribution in [0.15, 0.2) is 0 Å². The molecule has 0 amide bonds. The van der Waals surface area contributed by atoms with Gasteiger partial charge in [-0.25, -0.2) is 4.57 Å². The molecule has 0 bridgehead atoms. The van der Waals surface area contributed by atoms with E-state index >= 15 is 0 Å². The molecule has 0 aromatic carbocycles. The second-order valence-electron chi connectivity index (χ2n) is 8.51. The number of thiol groups is 1. The molecule has 0 aliphatic carbocycles. The Morgan fingerprint density at radius 2 is 0.857 bits per heavy atom. The molecule has 0 atom stereocenters. The van der Waals surface area contributed by atoms with Gasteiger partial charge in [0.2, 0.25) is 0 Å². The Hall–Kier alpha value is 2.03. The number of hydrogen-bond acceptors (Lipinski definition) is 6. The molecule has 210 valence electrons. The number of hydrogen-bond donors (Lipinski definition) is 2. The Kier molecular flexibility index (Phi) is 36.3. The fraction of sp³-hybridized carbons (Fsp3) is 1.00. The van der Waals surface area contributed by atoms with Crippen LogP contribution in [0.1, 0.15) is 132 Å². The van der Waals surface area contributed by atoms with Crippen LogP contribution in [0.2, 0.25) is 0 Å². The van der Waals surface area contributed by atoms with Crippen LogP contribution in [-0.2, 0) is 34.5 Å². The van der Waals surface area contributed by atoms with Crippen LogP contribution in [0.5, 0.6) is 0 Å². The molecule has 0 fully saturated rings. The van der Waals surface area contributed by atoms with Crippen molar-refractivity contribution in [3.05, 3.63) is 0 Å². The van der Waals surface area contributed by atoms with Crippen molar-refractivity contribution < 1.29 is 58.5 Å². The van der Waals surface area contributed by atoms with Crippen molar-refractivity contribution in [2.24, 2.45) is 0 Å². The van der Waals surface area contributed by atoms with Gasteiger partial charge in [0.05, 0.1) is 26.4 Å². The largest absolute Gasteiger partial charge is 1.00 e. The van der Waals surface area contributed by atoms with Gasteiger partial charge in [0, 0.05) is 0 Å². The first-order chi connectivity index (χ1) is 16.2. The van der Waals surface area contributed by atoms with E-state index in [-0.39, 0.29) is 31.0 Å². The van der Waals surface area contributed by atoms with E-state index in [1.807, 2.05) is 0 Å². The molecule has 0 aliphatic heterocycles. The van der Waals surface area contributed by atoms with Gasteiger partial charge in [0.15, 0.2) is 0 Å². The molecule has 1 N–H and O–H groups in total. The molecule has 35 heavy (non-hydrogen) atoms. The summed E-state index contributed by atoms with van der Waals surface area (Å²) in [4.78, 5) is 9.71. The molecular formula is C24H55NaO6P2S2. The molecule has 6 nitrogen and oxygen atoms in total. The monoisotopic (exact) mass is 588 g/mol. The smallest absolute Gasteiger partial charge is 1.00 e. The SMILES string of the molecule is CCCCCCOP(=O)(S)OCCCCCC.CCCCCCOP(O)(=S)OCCCCCC.[H-].[Na+]. The average molecular weight is 589 g/mol. The predicted molar refractivity (Wildman–Crippen MR) is 155 cm³/mol. The molecule has 0 aromatic rings. The van der Waals surface area contributed by atoms with Gasteiger partial charge in [-0.15, -0.1) is 0 Å². The van der Waals surface area contributed by atoms with Crippen LogP contribution < -0.4 is 29.6 Å². The molecule has 0 spiro atoms. The molecule has 0 radical (unpaired) electrons. The maximum atomic E-state index is 11.7. The van der Waals surface area contributed by atoms with Crippen molar-refractivity contribution >= 4 is 37.6 Å². The maximum absolute atomic E-state index is 11.7. The quantitative estimate of drug-likeness (QED) is 0.0561. The minimum Gasteiger partial charge on any atom is -1.00 e. The van der Waals surface area contributed by atoms with Gasteiger partial charge >= 0.3 is 43.1 Å². The maximum Gasteiger partial charge on any atom is 1.00 e. The molecule has 0 heterocycles. The van der Waals surface area contributed by atoms with Crippen molar-refractivity contribution in [2.75, 3.05) is 26.4 Å². The van der Waals surface area contributed by atoms with E-state index in [4.69, 9.17) is 29.9 Å². The first-order valence-electron chi connectivity index (χ1n) is 13.5. The van der Waals surface area contributed by atoms with E-state index in [0.717, 1.165) is 51.4 Å². The van der Waals surface area contributed by atoms with E-state index in [2.05, 4.69) is 39.9 Å². The zero-order valence-electron chi connectivity index (χ0n) is 24.4. The standard InChI is InChI=1S/2C12H27O3PS.Na.H/c2*1-3-5-7-9-11-14-16(13,17)15-12-10-8-6-4-2;;/h2*3-12H2,1-2H3,(H,13,17);;/q;;+1;-1. The molecule has 0 saturated carbocycles. The Morgan fingerprint density at radius 1 is 0.600 bits per heavy atom. The van der Waals surface area contributed by atoms with E-state index in [9.17, 15) is 9.46 Å². The summed E-state index contributed by atoms with van der Waals surface area (Å²) in [7, 11) is 0. The third-order valence-electron chi connectivity index (χ3n) is 5.01. The van der Waals surface area contributed by atoms with Crippen LogP contribution in [-0.4, -0.2) is 31.3 Å². The van der Waals surface area contributed by atoms with Crippen molar-refractivity contribution in [2.45, 2.75) is 130 Å². The molecule has 0 aliphatic rings. The van der Waals surface area contributed by atoms with Gasteiger partial charge in [0.1, 0.15) is 0 Å². The van der Waals surface area contributed by atoms with Crippen molar-refractivity contribution in [3.8, 4) is 0 Å². The van der Waals surface area contributed by atoms with E-state index in [1.54, 1.807) is 0 Å². The molecule has 0 unspecified atom stereocenters. The molecule has 11 heteroatoms. The molecule has 0 aromatic heterocycles. The van der Waals surface area contributed by atoms with Gasteiger partial charge < -0.3 is 24.4 Å². The van der Waals surface area contributed by atoms with E-state index < -0.39 is 13.5 Å². The summed E-state index contributed by atoms with van der Waals surface area (Å²) in [5.74, 6) is 0. The van der Waals surface area contributed by atoms with Crippen LogP contribution in [0, 0.1) is 0 Å². The van der Waals surface area contributed by atoms with Crippen LogP contribution in [0.25, 0.3) is 0 Å². The minimum absolute atomic E-state index is 0. The molecule has 0 saturated heterocycles. The van der Waals surface area contributed by atoms with Crippen molar-refractivity contribution in [3.63, 3.8) is 0 Å². The Morgan fingerprint density at radius 3 is 1.11 bits per heavy atom. The van der Waals surface area contributed by atoms with E-state index in [1.165, 1.54) is 51.4 Å². The van der Waals surface area contributed by atoms with Gasteiger partial charge in [-0.05, 0) is 37.5 Å². The Balaban J connectivity index is -0.000000269. The third-order valence-corrected chi connectivity index (χ3v) is 8.37. The van der Waals surface area contributed by atoms with Gasteiger partial charge in [-0.2, -0.15) is 0 Å². The van der Waals surface area contributed by atoms with Crippen molar-refractivity contribution in [1.29, 1.82) is 0 Å². The summed E-state index contributed by atoms with van der Waals surface area (Å²) in [6, 6.07) is 0. The zero-order chi connectivity index (χ0) is 26.0. The van der Waals surface area contributed by atoms with Gasteiger partial charge in [-0.1, -0.05) is 117 Å². The summed E-state index contributed by atoms with van der Waals surface area (Å²) in [6.45, 7) is 4.58.